The van der Waals surface area contributed by atoms with Gasteiger partial charge in [-0.1, -0.05) is 30.3 Å². The molecule has 0 radical (unpaired) electrons. The van der Waals surface area contributed by atoms with Gasteiger partial charge in [0.15, 0.2) is 5.65 Å². The lowest BCUT2D eigenvalue weighted by molar-refractivity contribution is -0.131. The summed E-state index contributed by atoms with van der Waals surface area (Å²) < 4.78 is 39.5. The number of rotatable bonds is 7. The van der Waals surface area contributed by atoms with E-state index in [0.717, 1.165) is 28.3 Å². The Kier molecular flexibility index (Phi) is 5.39. The number of aromatic nitrogens is 5. The number of H-pyrrole nitrogens is 1. The van der Waals surface area contributed by atoms with Crippen molar-refractivity contribution in [1.82, 2.24) is 24.6 Å². The van der Waals surface area contributed by atoms with Crippen LogP contribution in [0.15, 0.2) is 48.8 Å². The number of alkyl halides is 3. The summed E-state index contributed by atoms with van der Waals surface area (Å²) in [7, 11) is 0. The van der Waals surface area contributed by atoms with Crippen molar-refractivity contribution in [3.05, 3.63) is 60.3 Å². The van der Waals surface area contributed by atoms with E-state index >= 15 is 0 Å². The van der Waals surface area contributed by atoms with Crippen molar-refractivity contribution in [3.63, 3.8) is 0 Å². The van der Waals surface area contributed by atoms with Crippen molar-refractivity contribution in [2.24, 2.45) is 0 Å². The highest BCUT2D eigenvalue weighted by atomic mass is 19.4. The summed E-state index contributed by atoms with van der Waals surface area (Å²) in [5.74, 6) is 1.61. The van der Waals surface area contributed by atoms with Crippen molar-refractivity contribution >= 4 is 17.4 Å². The van der Waals surface area contributed by atoms with E-state index in [-0.39, 0.29) is 6.54 Å². The smallest absolute Gasteiger partial charge is 0.382 e. The Labute approximate surface area is 188 Å². The summed E-state index contributed by atoms with van der Waals surface area (Å²) in [6, 6.07) is 9.70. The first-order chi connectivity index (χ1) is 15.9. The van der Waals surface area contributed by atoms with E-state index in [1.807, 2.05) is 43.5 Å². The van der Waals surface area contributed by atoms with Gasteiger partial charge in [-0.05, 0) is 37.5 Å². The molecule has 0 unspecified atom stereocenters. The predicted molar refractivity (Wildman–Crippen MR) is 122 cm³/mol. The number of nitrogens with one attached hydrogen (secondary N) is 2. The Morgan fingerprint density at radius 1 is 1.12 bits per heavy atom. The number of fused-ring (bicyclic) bond motifs is 1. The minimum Gasteiger partial charge on any atom is -0.382 e. The monoisotopic (exact) mass is 452 g/mol. The third-order valence-electron chi connectivity index (χ3n) is 5.60. The molecule has 6 nitrogen and oxygen atoms in total. The fourth-order valence-corrected chi connectivity index (χ4v) is 3.77. The number of anilines is 1. The van der Waals surface area contributed by atoms with Gasteiger partial charge in [0, 0.05) is 18.0 Å². The zero-order valence-corrected chi connectivity index (χ0v) is 18.0. The minimum atomic E-state index is -4.22. The Balaban J connectivity index is 1.45. The van der Waals surface area contributed by atoms with Crippen LogP contribution in [0.3, 0.4) is 0 Å². The largest absolute Gasteiger partial charge is 0.390 e. The third-order valence-corrected chi connectivity index (χ3v) is 5.60. The van der Waals surface area contributed by atoms with Gasteiger partial charge in [-0.15, -0.1) is 0 Å². The summed E-state index contributed by atoms with van der Waals surface area (Å²) in [5.41, 5.74) is 5.28. The van der Waals surface area contributed by atoms with Gasteiger partial charge >= 0.3 is 6.18 Å². The molecule has 2 N–H and O–H groups in total. The summed E-state index contributed by atoms with van der Waals surface area (Å²) in [5, 5.41) is 7.48. The topological polar surface area (TPSA) is 70.9 Å². The SMILES string of the molecule is CC=Cc1cc(NCCC(F)(F)F)c2ncc(-c3ccc(-c4cnc(C5CC5)[nH]4)cc3)n2n1. The molecule has 3 aromatic heterocycles. The van der Waals surface area contributed by atoms with Crippen LogP contribution in [0, 0.1) is 0 Å². The molecule has 33 heavy (non-hydrogen) atoms. The van der Waals surface area contributed by atoms with Gasteiger partial charge in [0.2, 0.25) is 0 Å². The molecule has 170 valence electrons. The minimum absolute atomic E-state index is 0.234. The van der Waals surface area contributed by atoms with Crippen LogP contribution < -0.4 is 5.32 Å². The van der Waals surface area contributed by atoms with Crippen LogP contribution in [-0.4, -0.2) is 37.3 Å². The van der Waals surface area contributed by atoms with Crippen molar-refractivity contribution in [2.45, 2.75) is 38.3 Å². The van der Waals surface area contributed by atoms with Gasteiger partial charge in [0.25, 0.3) is 0 Å². The molecule has 1 fully saturated rings. The summed E-state index contributed by atoms with van der Waals surface area (Å²) in [6.07, 6.45) is 4.42. The molecule has 0 saturated heterocycles. The number of hydrogen-bond donors (Lipinski definition) is 2. The summed E-state index contributed by atoms with van der Waals surface area (Å²) in [4.78, 5) is 12.3. The number of aromatic amines is 1. The number of halogens is 3. The van der Waals surface area contributed by atoms with Crippen LogP contribution in [-0.2, 0) is 0 Å². The molecule has 9 heteroatoms. The molecule has 1 aliphatic carbocycles. The van der Waals surface area contributed by atoms with Gasteiger partial charge < -0.3 is 10.3 Å². The quantitative estimate of drug-likeness (QED) is 0.358. The zero-order chi connectivity index (χ0) is 23.0. The van der Waals surface area contributed by atoms with Crippen LogP contribution in [0.25, 0.3) is 34.2 Å². The van der Waals surface area contributed by atoms with E-state index in [1.54, 1.807) is 22.9 Å². The average Bonchev–Trinajstić information content (AvgIpc) is 3.35. The second-order valence-electron chi connectivity index (χ2n) is 8.19. The third kappa shape index (κ3) is 4.62. The first kappa shape index (κ1) is 21.2. The standard InChI is InChI=1S/C24H23F3N6/c1-2-3-18-12-19(28-11-10-24(25,26)27)23-30-14-21(33(23)32-18)16-6-4-15(5-7-16)20-13-29-22(31-20)17-8-9-17/h2-7,12-14,17,28H,8-11H2,1H3,(H,29,31). The first-order valence-corrected chi connectivity index (χ1v) is 10.9. The van der Waals surface area contributed by atoms with Crippen molar-refractivity contribution < 1.29 is 13.2 Å². The number of hydrogen-bond acceptors (Lipinski definition) is 4. The van der Waals surface area contributed by atoms with E-state index in [4.69, 9.17) is 0 Å². The Morgan fingerprint density at radius 2 is 1.88 bits per heavy atom. The number of imidazole rings is 2. The van der Waals surface area contributed by atoms with E-state index in [9.17, 15) is 13.2 Å². The van der Waals surface area contributed by atoms with Crippen molar-refractivity contribution in [2.75, 3.05) is 11.9 Å². The van der Waals surface area contributed by atoms with Crippen LogP contribution in [0.1, 0.15) is 43.6 Å². The number of benzene rings is 1. The normalized spacial score (nSPS) is 14.4. The molecule has 3 heterocycles. The molecule has 0 amide bonds. The number of allylic oxidation sites excluding steroid dienone is 1. The molecule has 0 spiro atoms. The molecular formula is C24H23F3N6. The molecule has 5 rings (SSSR count). The molecule has 0 aliphatic heterocycles. The lowest BCUT2D eigenvalue weighted by atomic mass is 10.1. The predicted octanol–water partition coefficient (Wildman–Crippen LogP) is 6.06. The maximum absolute atomic E-state index is 12.6. The van der Waals surface area contributed by atoms with Crippen molar-refractivity contribution in [1.29, 1.82) is 0 Å². The maximum atomic E-state index is 12.6. The van der Waals surface area contributed by atoms with Gasteiger partial charge in [-0.2, -0.15) is 18.3 Å². The van der Waals surface area contributed by atoms with E-state index in [0.29, 0.717) is 22.9 Å². The van der Waals surface area contributed by atoms with Gasteiger partial charge in [0.1, 0.15) is 5.82 Å². The molecule has 0 atom stereocenters. The lowest BCUT2D eigenvalue weighted by Gasteiger charge is -2.11. The first-order valence-electron chi connectivity index (χ1n) is 10.9. The molecular weight excluding hydrogens is 429 g/mol. The molecule has 0 bridgehead atoms. The van der Waals surface area contributed by atoms with Crippen LogP contribution >= 0.6 is 0 Å². The fraction of sp³-hybridized carbons (Fsp3) is 0.292. The van der Waals surface area contributed by atoms with Gasteiger partial charge in [0.05, 0.1) is 41.6 Å². The van der Waals surface area contributed by atoms with E-state index in [2.05, 4.69) is 25.4 Å². The fourth-order valence-electron chi connectivity index (χ4n) is 3.77. The van der Waals surface area contributed by atoms with Crippen LogP contribution in [0.2, 0.25) is 0 Å². The molecule has 1 saturated carbocycles. The summed E-state index contributed by atoms with van der Waals surface area (Å²) in [6.45, 7) is 1.63. The molecule has 1 aromatic carbocycles. The lowest BCUT2D eigenvalue weighted by Crippen LogP contribution is -2.15. The maximum Gasteiger partial charge on any atom is 0.390 e. The van der Waals surface area contributed by atoms with Crippen LogP contribution in [0.5, 0.6) is 0 Å². The van der Waals surface area contributed by atoms with Gasteiger partial charge in [-0.3, -0.25) is 0 Å². The summed E-state index contributed by atoms with van der Waals surface area (Å²) >= 11 is 0. The second-order valence-corrected chi connectivity index (χ2v) is 8.19. The number of nitrogens with zero attached hydrogens (tertiary/aromatic N) is 4. The molecule has 4 aromatic rings. The Hall–Kier alpha value is -3.62. The zero-order valence-electron chi connectivity index (χ0n) is 18.0. The highest BCUT2D eigenvalue weighted by Crippen LogP contribution is 2.39. The highest BCUT2D eigenvalue weighted by Gasteiger charge is 2.27. The Bertz CT molecular complexity index is 1300. The molecule has 1 aliphatic rings. The van der Waals surface area contributed by atoms with E-state index in [1.165, 1.54) is 12.8 Å². The van der Waals surface area contributed by atoms with Gasteiger partial charge in [-0.25, -0.2) is 14.5 Å². The Morgan fingerprint density at radius 3 is 2.58 bits per heavy atom. The second kappa shape index (κ2) is 8.38. The highest BCUT2D eigenvalue weighted by molar-refractivity contribution is 5.75. The average molecular weight is 452 g/mol. The van der Waals surface area contributed by atoms with Crippen molar-refractivity contribution in [3.8, 4) is 22.5 Å². The van der Waals surface area contributed by atoms with E-state index < -0.39 is 12.6 Å². The van der Waals surface area contributed by atoms with Crippen LogP contribution in [0.4, 0.5) is 18.9 Å².